The van der Waals surface area contributed by atoms with E-state index in [1.807, 2.05) is 0 Å². The molecule has 0 radical (unpaired) electrons. The molecule has 3 aromatic rings. The van der Waals surface area contributed by atoms with Crippen LogP contribution in [-0.4, -0.2) is 31.7 Å². The van der Waals surface area contributed by atoms with E-state index >= 15 is 0 Å². The van der Waals surface area contributed by atoms with Crippen molar-refractivity contribution in [3.63, 3.8) is 0 Å². The van der Waals surface area contributed by atoms with Gasteiger partial charge in [-0.05, 0) is 66.6 Å². The second-order valence-electron chi connectivity index (χ2n) is 8.06. The lowest BCUT2D eigenvalue weighted by Crippen LogP contribution is -2.31. The molecule has 0 saturated heterocycles. The Bertz CT molecular complexity index is 883. The van der Waals surface area contributed by atoms with Crippen LogP contribution in [0.3, 0.4) is 0 Å². The lowest BCUT2D eigenvalue weighted by molar-refractivity contribution is 0.324. The van der Waals surface area contributed by atoms with Crippen LogP contribution >= 0.6 is 11.3 Å². The summed E-state index contributed by atoms with van der Waals surface area (Å²) in [4.78, 5) is 7.03. The Labute approximate surface area is 172 Å². The first kappa shape index (κ1) is 19.2. The quantitative estimate of drug-likeness (QED) is 0.583. The minimum atomic E-state index is 0.525. The van der Waals surface area contributed by atoms with Gasteiger partial charge >= 0.3 is 0 Å². The van der Waals surface area contributed by atoms with Crippen LogP contribution in [0.15, 0.2) is 47.2 Å². The molecule has 5 heteroatoms. The predicted molar refractivity (Wildman–Crippen MR) is 121 cm³/mol. The first-order valence-electron chi connectivity index (χ1n) is 10.2. The highest BCUT2D eigenvalue weighted by Crippen LogP contribution is 2.30. The molecule has 148 valence electrons. The number of pyridine rings is 1. The summed E-state index contributed by atoms with van der Waals surface area (Å²) < 4.78 is 0. The normalized spacial score (nSPS) is 19.6. The zero-order valence-electron chi connectivity index (χ0n) is 16.8. The van der Waals surface area contributed by atoms with Crippen LogP contribution in [0.25, 0.3) is 10.9 Å². The molecule has 28 heavy (non-hydrogen) atoms. The molecular formula is C23H30N4S. The highest BCUT2D eigenvalue weighted by Gasteiger charge is 2.21. The number of nitrogens with one attached hydrogen (secondary N) is 2. The van der Waals surface area contributed by atoms with E-state index in [0.717, 1.165) is 30.3 Å². The van der Waals surface area contributed by atoms with Crippen LogP contribution in [0.5, 0.6) is 0 Å². The molecule has 1 aromatic carbocycles. The van der Waals surface area contributed by atoms with Gasteiger partial charge in [-0.15, -0.1) is 0 Å². The van der Waals surface area contributed by atoms with Crippen molar-refractivity contribution < 1.29 is 0 Å². The zero-order valence-corrected chi connectivity index (χ0v) is 17.6. The molecule has 0 bridgehead atoms. The number of nitrogens with zero attached hydrogens (tertiary/aromatic N) is 2. The Balaban J connectivity index is 1.32. The second-order valence-corrected chi connectivity index (χ2v) is 8.84. The number of aromatic nitrogens is 1. The highest BCUT2D eigenvalue weighted by molar-refractivity contribution is 7.07. The molecule has 0 spiro atoms. The molecule has 2 aromatic heterocycles. The van der Waals surface area contributed by atoms with Crippen LogP contribution < -0.4 is 15.5 Å². The Morgan fingerprint density at radius 1 is 1.11 bits per heavy atom. The summed E-state index contributed by atoms with van der Waals surface area (Å²) in [5, 5.41) is 12.9. The smallest absolute Gasteiger partial charge is 0.128 e. The van der Waals surface area contributed by atoms with Gasteiger partial charge in [0.2, 0.25) is 0 Å². The fourth-order valence-corrected chi connectivity index (χ4v) is 4.80. The van der Waals surface area contributed by atoms with Crippen molar-refractivity contribution in [1.82, 2.24) is 10.3 Å². The summed E-state index contributed by atoms with van der Waals surface area (Å²) in [6.07, 6.45) is 5.00. The van der Waals surface area contributed by atoms with Crippen molar-refractivity contribution in [3.05, 3.63) is 52.7 Å². The Morgan fingerprint density at radius 2 is 1.93 bits per heavy atom. The molecule has 0 atom stereocenters. The summed E-state index contributed by atoms with van der Waals surface area (Å²) >= 11 is 1.77. The van der Waals surface area contributed by atoms with Gasteiger partial charge in [0, 0.05) is 43.8 Å². The SMILES string of the molecule is CN(C)c1cc(NC2CCC(CNCc3ccsc3)CC2)nc2ccccc12. The molecular weight excluding hydrogens is 364 g/mol. The second kappa shape index (κ2) is 8.93. The molecule has 1 saturated carbocycles. The number of hydrogen-bond acceptors (Lipinski definition) is 5. The van der Waals surface area contributed by atoms with E-state index in [2.05, 4.69) is 76.8 Å². The van der Waals surface area contributed by atoms with Crippen LogP contribution in [0, 0.1) is 5.92 Å². The standard InChI is InChI=1S/C23H30N4S/c1-27(2)22-13-23(26-21-6-4-3-5-20(21)22)25-19-9-7-17(8-10-19)14-24-15-18-11-12-28-16-18/h3-6,11-13,16-17,19,24H,7-10,14-15H2,1-2H3,(H,25,26). The number of para-hydroxylation sites is 1. The monoisotopic (exact) mass is 394 g/mol. The van der Waals surface area contributed by atoms with Gasteiger partial charge in [-0.1, -0.05) is 18.2 Å². The highest BCUT2D eigenvalue weighted by atomic mass is 32.1. The van der Waals surface area contributed by atoms with Crippen molar-refractivity contribution in [2.24, 2.45) is 5.92 Å². The number of thiophene rings is 1. The van der Waals surface area contributed by atoms with E-state index in [1.54, 1.807) is 11.3 Å². The van der Waals surface area contributed by atoms with Gasteiger partial charge in [0.1, 0.15) is 5.82 Å². The maximum Gasteiger partial charge on any atom is 0.128 e. The van der Waals surface area contributed by atoms with Crippen molar-refractivity contribution in [2.45, 2.75) is 38.3 Å². The van der Waals surface area contributed by atoms with Gasteiger partial charge in [-0.25, -0.2) is 4.98 Å². The van der Waals surface area contributed by atoms with Crippen LogP contribution in [0.2, 0.25) is 0 Å². The molecule has 1 fully saturated rings. The summed E-state index contributed by atoms with van der Waals surface area (Å²) in [5.74, 6) is 1.79. The van der Waals surface area contributed by atoms with E-state index in [9.17, 15) is 0 Å². The fraction of sp³-hybridized carbons (Fsp3) is 0.435. The van der Waals surface area contributed by atoms with Crippen molar-refractivity contribution in [3.8, 4) is 0 Å². The third-order valence-corrected chi connectivity index (χ3v) is 6.45. The minimum Gasteiger partial charge on any atom is -0.377 e. The van der Waals surface area contributed by atoms with Crippen LogP contribution in [0.4, 0.5) is 11.5 Å². The van der Waals surface area contributed by atoms with Gasteiger partial charge in [0.25, 0.3) is 0 Å². The number of anilines is 2. The average molecular weight is 395 g/mol. The molecule has 4 nitrogen and oxygen atoms in total. The summed E-state index contributed by atoms with van der Waals surface area (Å²) in [6.45, 7) is 2.12. The van der Waals surface area contributed by atoms with E-state index in [0.29, 0.717) is 6.04 Å². The van der Waals surface area contributed by atoms with Crippen LogP contribution in [0.1, 0.15) is 31.2 Å². The van der Waals surface area contributed by atoms with E-state index in [4.69, 9.17) is 4.98 Å². The van der Waals surface area contributed by atoms with E-state index < -0.39 is 0 Å². The van der Waals surface area contributed by atoms with Gasteiger partial charge in [0.15, 0.2) is 0 Å². The lowest BCUT2D eigenvalue weighted by Gasteiger charge is -2.30. The maximum atomic E-state index is 4.86. The molecule has 1 aliphatic rings. The third kappa shape index (κ3) is 4.65. The third-order valence-electron chi connectivity index (χ3n) is 5.72. The molecule has 2 N–H and O–H groups in total. The molecule has 0 aliphatic heterocycles. The van der Waals surface area contributed by atoms with Gasteiger partial charge in [-0.2, -0.15) is 11.3 Å². The molecule has 1 aliphatic carbocycles. The first-order valence-corrected chi connectivity index (χ1v) is 11.2. The Hall–Kier alpha value is -2.11. The van der Waals surface area contributed by atoms with Gasteiger partial charge in [0.05, 0.1) is 5.52 Å². The topological polar surface area (TPSA) is 40.2 Å². The van der Waals surface area contributed by atoms with E-state index in [-0.39, 0.29) is 0 Å². The van der Waals surface area contributed by atoms with Gasteiger partial charge < -0.3 is 15.5 Å². The largest absolute Gasteiger partial charge is 0.377 e. The molecule has 2 heterocycles. The predicted octanol–water partition coefficient (Wildman–Crippen LogP) is 5.12. The van der Waals surface area contributed by atoms with Crippen molar-refractivity contribution >= 4 is 33.7 Å². The fourth-order valence-electron chi connectivity index (χ4n) is 4.13. The van der Waals surface area contributed by atoms with Crippen molar-refractivity contribution in [2.75, 3.05) is 30.9 Å². The summed E-state index contributed by atoms with van der Waals surface area (Å²) in [7, 11) is 4.19. The lowest BCUT2D eigenvalue weighted by atomic mass is 9.86. The van der Waals surface area contributed by atoms with Gasteiger partial charge in [-0.3, -0.25) is 0 Å². The Kier molecular flexibility index (Phi) is 6.13. The Morgan fingerprint density at radius 3 is 2.68 bits per heavy atom. The zero-order chi connectivity index (χ0) is 19.3. The van der Waals surface area contributed by atoms with E-state index in [1.165, 1.54) is 42.3 Å². The molecule has 0 amide bonds. The number of fused-ring (bicyclic) bond motifs is 1. The molecule has 0 unspecified atom stereocenters. The number of hydrogen-bond donors (Lipinski definition) is 2. The first-order chi connectivity index (χ1) is 13.7. The maximum absolute atomic E-state index is 4.86. The van der Waals surface area contributed by atoms with Crippen LogP contribution in [-0.2, 0) is 6.54 Å². The number of benzene rings is 1. The number of rotatable bonds is 7. The minimum absolute atomic E-state index is 0.525. The van der Waals surface area contributed by atoms with Crippen molar-refractivity contribution in [1.29, 1.82) is 0 Å². The average Bonchev–Trinajstić information content (AvgIpc) is 3.22. The summed E-state index contributed by atoms with van der Waals surface area (Å²) in [5.41, 5.74) is 3.68. The molecule has 4 rings (SSSR count). The summed E-state index contributed by atoms with van der Waals surface area (Å²) in [6, 6.07) is 13.3.